The molecular weight excluding hydrogens is 174 g/mol. The number of ether oxygens (including phenoxy) is 1. The molecule has 2 nitrogen and oxygen atoms in total. The van der Waals surface area contributed by atoms with Crippen LogP contribution in [0.5, 0.6) is 0 Å². The lowest BCUT2D eigenvalue weighted by atomic mass is 9.93. The number of nitrogens with two attached hydrogens (primary N) is 1. The summed E-state index contributed by atoms with van der Waals surface area (Å²) in [6.07, 6.45) is 10.4. The van der Waals surface area contributed by atoms with Gasteiger partial charge in [-0.3, -0.25) is 0 Å². The maximum Gasteiger partial charge on any atom is 0.0589 e. The summed E-state index contributed by atoms with van der Waals surface area (Å²) in [6.45, 7) is 3.18. The van der Waals surface area contributed by atoms with E-state index < -0.39 is 0 Å². The average Bonchev–Trinajstić information content (AvgIpc) is 2.18. The van der Waals surface area contributed by atoms with Crippen LogP contribution >= 0.6 is 0 Å². The van der Waals surface area contributed by atoms with E-state index in [1.165, 1.54) is 44.9 Å². The fourth-order valence-corrected chi connectivity index (χ4v) is 2.11. The molecule has 1 aliphatic rings. The molecule has 0 bridgehead atoms. The zero-order valence-corrected chi connectivity index (χ0v) is 9.50. The van der Waals surface area contributed by atoms with Crippen LogP contribution in [0.3, 0.4) is 0 Å². The van der Waals surface area contributed by atoms with Gasteiger partial charge in [0.1, 0.15) is 0 Å². The molecule has 0 heterocycles. The second-order valence-electron chi connectivity index (χ2n) is 4.48. The Morgan fingerprint density at radius 1 is 1.21 bits per heavy atom. The van der Waals surface area contributed by atoms with Gasteiger partial charge in [-0.2, -0.15) is 0 Å². The highest BCUT2D eigenvalue weighted by Crippen LogP contribution is 2.20. The largest absolute Gasteiger partial charge is 0.378 e. The van der Waals surface area contributed by atoms with Gasteiger partial charge in [0, 0.05) is 12.6 Å². The molecule has 0 aromatic carbocycles. The van der Waals surface area contributed by atoms with E-state index >= 15 is 0 Å². The van der Waals surface area contributed by atoms with E-state index in [9.17, 15) is 0 Å². The molecule has 1 fully saturated rings. The maximum absolute atomic E-state index is 5.90. The molecule has 1 saturated carbocycles. The Bertz CT molecular complexity index is 138. The minimum absolute atomic E-state index is 0.393. The van der Waals surface area contributed by atoms with Crippen molar-refractivity contribution >= 4 is 0 Å². The number of hydrogen-bond acceptors (Lipinski definition) is 2. The van der Waals surface area contributed by atoms with Gasteiger partial charge in [-0.1, -0.05) is 26.2 Å². The van der Waals surface area contributed by atoms with Crippen LogP contribution in [0.4, 0.5) is 0 Å². The van der Waals surface area contributed by atoms with E-state index in [-0.39, 0.29) is 0 Å². The van der Waals surface area contributed by atoms with Crippen molar-refractivity contribution in [2.75, 3.05) is 6.61 Å². The summed E-state index contributed by atoms with van der Waals surface area (Å²) in [7, 11) is 0. The summed E-state index contributed by atoms with van der Waals surface area (Å²) in [5.41, 5.74) is 5.90. The van der Waals surface area contributed by atoms with E-state index in [0.29, 0.717) is 12.1 Å². The molecule has 2 heteroatoms. The molecule has 0 aliphatic heterocycles. The Kier molecular flexibility index (Phi) is 6.20. The highest BCUT2D eigenvalue weighted by atomic mass is 16.5. The topological polar surface area (TPSA) is 35.2 Å². The van der Waals surface area contributed by atoms with E-state index in [4.69, 9.17) is 10.5 Å². The van der Waals surface area contributed by atoms with Crippen molar-refractivity contribution < 1.29 is 4.74 Å². The molecule has 2 atom stereocenters. The second-order valence-corrected chi connectivity index (χ2v) is 4.48. The SMILES string of the molecule is CCCCCCOC1CCCC(N)C1. The first kappa shape index (κ1) is 12.0. The summed E-state index contributed by atoms with van der Waals surface area (Å²) < 4.78 is 5.82. The first-order valence-electron chi connectivity index (χ1n) is 6.20. The Labute approximate surface area is 88.2 Å². The minimum atomic E-state index is 0.393. The fraction of sp³-hybridized carbons (Fsp3) is 1.00. The summed E-state index contributed by atoms with van der Waals surface area (Å²) in [6, 6.07) is 0.393. The number of unbranched alkanes of at least 4 members (excludes halogenated alkanes) is 3. The maximum atomic E-state index is 5.90. The molecule has 1 aliphatic carbocycles. The van der Waals surface area contributed by atoms with Gasteiger partial charge in [0.2, 0.25) is 0 Å². The zero-order chi connectivity index (χ0) is 10.2. The zero-order valence-electron chi connectivity index (χ0n) is 9.50. The van der Waals surface area contributed by atoms with Crippen molar-refractivity contribution in [1.82, 2.24) is 0 Å². The molecule has 0 aromatic heterocycles. The van der Waals surface area contributed by atoms with Gasteiger partial charge in [-0.05, 0) is 32.1 Å². The molecule has 84 valence electrons. The van der Waals surface area contributed by atoms with Gasteiger partial charge >= 0.3 is 0 Å². The standard InChI is InChI=1S/C12H25NO/c1-2-3-4-5-9-14-12-8-6-7-11(13)10-12/h11-12H,2-10,13H2,1H3. The highest BCUT2D eigenvalue weighted by molar-refractivity contribution is 4.75. The lowest BCUT2D eigenvalue weighted by Crippen LogP contribution is -2.32. The normalized spacial score (nSPS) is 27.9. The molecule has 0 aromatic rings. The van der Waals surface area contributed by atoms with E-state index in [0.717, 1.165) is 13.0 Å². The van der Waals surface area contributed by atoms with Crippen LogP contribution in [0, 0.1) is 0 Å². The average molecular weight is 199 g/mol. The van der Waals surface area contributed by atoms with Gasteiger partial charge in [-0.15, -0.1) is 0 Å². The number of rotatable bonds is 6. The minimum Gasteiger partial charge on any atom is -0.378 e. The summed E-state index contributed by atoms with van der Waals surface area (Å²) in [5.74, 6) is 0. The van der Waals surface area contributed by atoms with Crippen molar-refractivity contribution in [3.05, 3.63) is 0 Å². The van der Waals surface area contributed by atoms with E-state index in [1.54, 1.807) is 0 Å². The molecule has 1 rings (SSSR count). The van der Waals surface area contributed by atoms with Crippen molar-refractivity contribution in [3.63, 3.8) is 0 Å². The van der Waals surface area contributed by atoms with Crippen LogP contribution in [0.25, 0.3) is 0 Å². The van der Waals surface area contributed by atoms with E-state index in [1.807, 2.05) is 0 Å². The van der Waals surface area contributed by atoms with Crippen LogP contribution in [-0.4, -0.2) is 18.8 Å². The van der Waals surface area contributed by atoms with Crippen LogP contribution in [0.2, 0.25) is 0 Å². The summed E-state index contributed by atoms with van der Waals surface area (Å²) in [5, 5.41) is 0. The molecule has 0 radical (unpaired) electrons. The van der Waals surface area contributed by atoms with Gasteiger partial charge < -0.3 is 10.5 Å². The van der Waals surface area contributed by atoms with Gasteiger partial charge in [-0.25, -0.2) is 0 Å². The third-order valence-electron chi connectivity index (χ3n) is 3.02. The Morgan fingerprint density at radius 2 is 2.07 bits per heavy atom. The van der Waals surface area contributed by atoms with Gasteiger partial charge in [0.15, 0.2) is 0 Å². The van der Waals surface area contributed by atoms with Gasteiger partial charge in [0.25, 0.3) is 0 Å². The Morgan fingerprint density at radius 3 is 2.79 bits per heavy atom. The first-order valence-corrected chi connectivity index (χ1v) is 6.20. The molecule has 0 saturated heterocycles. The molecular formula is C12H25NO. The monoisotopic (exact) mass is 199 g/mol. The van der Waals surface area contributed by atoms with Crippen LogP contribution in [0.15, 0.2) is 0 Å². The number of hydrogen-bond donors (Lipinski definition) is 1. The Balaban J connectivity index is 1.95. The first-order chi connectivity index (χ1) is 6.83. The van der Waals surface area contributed by atoms with Crippen LogP contribution < -0.4 is 5.73 Å². The quantitative estimate of drug-likeness (QED) is 0.668. The molecule has 0 amide bonds. The predicted octanol–water partition coefficient (Wildman–Crippen LogP) is 2.85. The van der Waals surface area contributed by atoms with Crippen LogP contribution in [0.1, 0.15) is 58.3 Å². The molecule has 2 unspecified atom stereocenters. The second kappa shape index (κ2) is 7.24. The summed E-state index contributed by atoms with van der Waals surface area (Å²) >= 11 is 0. The molecule has 0 spiro atoms. The van der Waals surface area contributed by atoms with Crippen molar-refractivity contribution in [2.24, 2.45) is 5.73 Å². The van der Waals surface area contributed by atoms with Crippen molar-refractivity contribution in [3.8, 4) is 0 Å². The predicted molar refractivity (Wildman–Crippen MR) is 60.3 cm³/mol. The third kappa shape index (κ3) is 4.97. The fourth-order valence-electron chi connectivity index (χ4n) is 2.11. The van der Waals surface area contributed by atoms with Gasteiger partial charge in [0.05, 0.1) is 6.10 Å². The van der Waals surface area contributed by atoms with Crippen molar-refractivity contribution in [2.45, 2.75) is 70.4 Å². The van der Waals surface area contributed by atoms with Crippen molar-refractivity contribution in [1.29, 1.82) is 0 Å². The third-order valence-corrected chi connectivity index (χ3v) is 3.02. The molecule has 2 N–H and O–H groups in total. The lowest BCUT2D eigenvalue weighted by Gasteiger charge is -2.26. The summed E-state index contributed by atoms with van der Waals surface area (Å²) in [4.78, 5) is 0. The molecule has 14 heavy (non-hydrogen) atoms. The smallest absolute Gasteiger partial charge is 0.0589 e. The van der Waals surface area contributed by atoms with Crippen LogP contribution in [-0.2, 0) is 4.74 Å². The highest BCUT2D eigenvalue weighted by Gasteiger charge is 2.18. The Hall–Kier alpha value is -0.0800. The lowest BCUT2D eigenvalue weighted by molar-refractivity contribution is 0.0215. The van der Waals surface area contributed by atoms with E-state index in [2.05, 4.69) is 6.92 Å².